The Labute approximate surface area is 91.2 Å². The summed E-state index contributed by atoms with van der Waals surface area (Å²) >= 11 is 5.39. The predicted molar refractivity (Wildman–Crippen MR) is 62.2 cm³/mol. The molecule has 13 heavy (non-hydrogen) atoms. The van der Waals surface area contributed by atoms with E-state index in [1.807, 2.05) is 11.8 Å². The minimum absolute atomic E-state index is 0.339. The molecule has 2 unspecified atom stereocenters. The molecule has 0 bridgehead atoms. The van der Waals surface area contributed by atoms with E-state index >= 15 is 0 Å². The summed E-state index contributed by atoms with van der Waals surface area (Å²) in [5.74, 6) is 2.82. The first-order valence-corrected chi connectivity index (χ1v) is 6.31. The molecule has 0 aliphatic carbocycles. The molecule has 2 atom stereocenters. The quantitative estimate of drug-likeness (QED) is 0.838. The van der Waals surface area contributed by atoms with Crippen molar-refractivity contribution in [1.82, 2.24) is 0 Å². The zero-order valence-electron chi connectivity index (χ0n) is 7.24. The molecule has 1 fully saturated rings. The maximum absolute atomic E-state index is 6.02. The van der Waals surface area contributed by atoms with Gasteiger partial charge in [0.1, 0.15) is 0 Å². The van der Waals surface area contributed by atoms with Crippen molar-refractivity contribution in [1.29, 1.82) is 0 Å². The minimum atomic E-state index is 0.339. The van der Waals surface area contributed by atoms with E-state index in [4.69, 9.17) is 5.73 Å². The third-order valence-corrected chi connectivity index (χ3v) is 4.17. The first-order chi connectivity index (χ1) is 6.27. The molecule has 1 aromatic rings. The Morgan fingerprint density at radius 1 is 1.23 bits per heavy atom. The van der Waals surface area contributed by atoms with Crippen molar-refractivity contribution < 1.29 is 0 Å². The number of thioether (sulfide) groups is 1. The molecule has 1 aromatic carbocycles. The SMILES string of the molecule is NC1CSCC1c1ccc(Br)cc1. The fourth-order valence-electron chi connectivity index (χ4n) is 1.62. The van der Waals surface area contributed by atoms with Gasteiger partial charge in [-0.3, -0.25) is 0 Å². The van der Waals surface area contributed by atoms with E-state index in [0.29, 0.717) is 12.0 Å². The maximum Gasteiger partial charge on any atom is 0.0207 e. The van der Waals surface area contributed by atoms with Crippen LogP contribution in [0.15, 0.2) is 28.7 Å². The van der Waals surface area contributed by atoms with Crippen molar-refractivity contribution in [2.75, 3.05) is 11.5 Å². The van der Waals surface area contributed by atoms with Gasteiger partial charge in [0.15, 0.2) is 0 Å². The van der Waals surface area contributed by atoms with Crippen molar-refractivity contribution in [3.05, 3.63) is 34.3 Å². The lowest BCUT2D eigenvalue weighted by atomic mass is 9.95. The van der Waals surface area contributed by atoms with Gasteiger partial charge < -0.3 is 5.73 Å². The van der Waals surface area contributed by atoms with Crippen LogP contribution in [0.25, 0.3) is 0 Å². The van der Waals surface area contributed by atoms with Gasteiger partial charge in [0.05, 0.1) is 0 Å². The van der Waals surface area contributed by atoms with E-state index in [9.17, 15) is 0 Å². The van der Waals surface area contributed by atoms with Crippen LogP contribution in [0.2, 0.25) is 0 Å². The summed E-state index contributed by atoms with van der Waals surface area (Å²) in [4.78, 5) is 0. The maximum atomic E-state index is 6.02. The zero-order chi connectivity index (χ0) is 9.26. The molecule has 1 heterocycles. The Morgan fingerprint density at radius 2 is 1.92 bits per heavy atom. The standard InChI is InChI=1S/C10H12BrNS/c11-8-3-1-7(2-4-8)9-5-13-6-10(9)12/h1-4,9-10H,5-6,12H2. The smallest absolute Gasteiger partial charge is 0.0207 e. The highest BCUT2D eigenvalue weighted by atomic mass is 79.9. The second kappa shape index (κ2) is 4.03. The van der Waals surface area contributed by atoms with Crippen molar-refractivity contribution in [2.45, 2.75) is 12.0 Å². The highest BCUT2D eigenvalue weighted by Gasteiger charge is 2.25. The zero-order valence-corrected chi connectivity index (χ0v) is 9.64. The van der Waals surface area contributed by atoms with Crippen LogP contribution in [-0.2, 0) is 0 Å². The minimum Gasteiger partial charge on any atom is -0.326 e. The van der Waals surface area contributed by atoms with Crippen LogP contribution in [0.3, 0.4) is 0 Å². The highest BCUT2D eigenvalue weighted by molar-refractivity contribution is 9.10. The number of hydrogen-bond donors (Lipinski definition) is 1. The molecular formula is C10H12BrNS. The van der Waals surface area contributed by atoms with E-state index in [1.54, 1.807) is 0 Å². The Balaban J connectivity index is 2.20. The molecule has 2 N–H and O–H groups in total. The lowest BCUT2D eigenvalue weighted by Gasteiger charge is -2.14. The molecule has 0 saturated carbocycles. The number of benzene rings is 1. The fourth-order valence-corrected chi connectivity index (χ4v) is 3.22. The molecule has 1 nitrogen and oxygen atoms in total. The first kappa shape index (κ1) is 9.56. The number of rotatable bonds is 1. The monoisotopic (exact) mass is 257 g/mol. The van der Waals surface area contributed by atoms with Crippen LogP contribution >= 0.6 is 27.7 Å². The van der Waals surface area contributed by atoms with E-state index in [1.165, 1.54) is 11.3 Å². The summed E-state index contributed by atoms with van der Waals surface area (Å²) in [6.07, 6.45) is 0. The highest BCUT2D eigenvalue weighted by Crippen LogP contribution is 2.31. The average Bonchev–Trinajstić information content (AvgIpc) is 2.53. The molecule has 0 spiro atoms. The van der Waals surface area contributed by atoms with Crippen LogP contribution in [0.5, 0.6) is 0 Å². The van der Waals surface area contributed by atoms with Gasteiger partial charge in [-0.1, -0.05) is 28.1 Å². The van der Waals surface area contributed by atoms with Crippen molar-refractivity contribution in [3.63, 3.8) is 0 Å². The van der Waals surface area contributed by atoms with Crippen LogP contribution in [0.4, 0.5) is 0 Å². The second-order valence-electron chi connectivity index (χ2n) is 3.36. The largest absolute Gasteiger partial charge is 0.326 e. The Bertz CT molecular complexity index is 285. The Kier molecular flexibility index (Phi) is 2.96. The van der Waals surface area contributed by atoms with Crippen LogP contribution in [0.1, 0.15) is 11.5 Å². The first-order valence-electron chi connectivity index (χ1n) is 4.36. The lowest BCUT2D eigenvalue weighted by molar-refractivity contribution is 0.653. The summed E-state index contributed by atoms with van der Waals surface area (Å²) in [6.45, 7) is 0. The van der Waals surface area contributed by atoms with Crippen molar-refractivity contribution in [3.8, 4) is 0 Å². The molecule has 1 saturated heterocycles. The summed E-state index contributed by atoms with van der Waals surface area (Å²) in [6, 6.07) is 8.85. The molecule has 0 aromatic heterocycles. The van der Waals surface area contributed by atoms with Gasteiger partial charge in [0, 0.05) is 27.9 Å². The van der Waals surface area contributed by atoms with E-state index in [2.05, 4.69) is 40.2 Å². The number of nitrogens with two attached hydrogens (primary N) is 1. The van der Waals surface area contributed by atoms with Gasteiger partial charge in [0.25, 0.3) is 0 Å². The summed E-state index contributed by atoms with van der Waals surface area (Å²) in [7, 11) is 0. The molecule has 2 rings (SSSR count). The molecule has 0 radical (unpaired) electrons. The fraction of sp³-hybridized carbons (Fsp3) is 0.400. The molecule has 3 heteroatoms. The normalized spacial score (nSPS) is 27.8. The van der Waals surface area contributed by atoms with Gasteiger partial charge in [-0.25, -0.2) is 0 Å². The lowest BCUT2D eigenvalue weighted by Crippen LogP contribution is -2.26. The summed E-state index contributed by atoms with van der Waals surface area (Å²) < 4.78 is 1.13. The molecular weight excluding hydrogens is 246 g/mol. The topological polar surface area (TPSA) is 26.0 Å². The third kappa shape index (κ3) is 2.09. The van der Waals surface area contributed by atoms with Gasteiger partial charge in [-0.05, 0) is 17.7 Å². The van der Waals surface area contributed by atoms with Crippen LogP contribution in [0, 0.1) is 0 Å². The van der Waals surface area contributed by atoms with Crippen molar-refractivity contribution in [2.24, 2.45) is 5.73 Å². The average molecular weight is 258 g/mol. The van der Waals surface area contributed by atoms with Crippen LogP contribution < -0.4 is 5.73 Å². The van der Waals surface area contributed by atoms with E-state index in [0.717, 1.165) is 10.2 Å². The van der Waals surface area contributed by atoms with Crippen molar-refractivity contribution >= 4 is 27.7 Å². The van der Waals surface area contributed by atoms with Gasteiger partial charge >= 0.3 is 0 Å². The third-order valence-electron chi connectivity index (χ3n) is 2.42. The van der Waals surface area contributed by atoms with Gasteiger partial charge in [-0.2, -0.15) is 11.8 Å². The predicted octanol–water partition coefficient (Wildman–Crippen LogP) is 2.61. The second-order valence-corrected chi connectivity index (χ2v) is 5.35. The Morgan fingerprint density at radius 3 is 2.46 bits per heavy atom. The number of hydrogen-bond acceptors (Lipinski definition) is 2. The summed E-state index contributed by atoms with van der Waals surface area (Å²) in [5.41, 5.74) is 7.39. The van der Waals surface area contributed by atoms with Gasteiger partial charge in [-0.15, -0.1) is 0 Å². The molecule has 1 aliphatic rings. The van der Waals surface area contributed by atoms with Gasteiger partial charge in [0.2, 0.25) is 0 Å². The molecule has 0 amide bonds. The van der Waals surface area contributed by atoms with E-state index < -0.39 is 0 Å². The molecule has 1 aliphatic heterocycles. The number of halogens is 1. The van der Waals surface area contributed by atoms with E-state index in [-0.39, 0.29) is 0 Å². The Hall–Kier alpha value is 0.01000. The summed E-state index contributed by atoms with van der Waals surface area (Å²) in [5, 5.41) is 0. The molecule has 70 valence electrons. The van der Waals surface area contributed by atoms with Crippen LogP contribution in [-0.4, -0.2) is 17.5 Å².